The van der Waals surface area contributed by atoms with Crippen LogP contribution in [0.4, 0.5) is 4.39 Å². The monoisotopic (exact) mass is 345 g/mol. The third kappa shape index (κ3) is 4.92. The summed E-state index contributed by atoms with van der Waals surface area (Å²) in [7, 11) is 0. The van der Waals surface area contributed by atoms with Crippen LogP contribution in [0.3, 0.4) is 0 Å². The van der Waals surface area contributed by atoms with Crippen LogP contribution in [0.1, 0.15) is 31.1 Å². The molecule has 1 N–H and O–H groups in total. The minimum atomic E-state index is -0.677. The molecule has 0 bridgehead atoms. The first-order valence-electron chi connectivity index (χ1n) is 6.22. The van der Waals surface area contributed by atoms with E-state index >= 15 is 0 Å². The maximum Gasteiger partial charge on any atom is 0.339 e. The molecule has 0 unspecified atom stereocenters. The van der Waals surface area contributed by atoms with Gasteiger partial charge in [0.25, 0.3) is 5.91 Å². The Morgan fingerprint density at radius 3 is 2.55 bits per heavy atom. The fourth-order valence-corrected chi connectivity index (χ4v) is 1.84. The molecule has 4 nitrogen and oxygen atoms in total. The van der Waals surface area contributed by atoms with Gasteiger partial charge in [-0.3, -0.25) is 4.79 Å². The van der Waals surface area contributed by atoms with E-state index in [1.165, 1.54) is 6.07 Å². The van der Waals surface area contributed by atoms with Crippen molar-refractivity contribution in [3.05, 3.63) is 34.1 Å². The van der Waals surface area contributed by atoms with Crippen molar-refractivity contribution in [1.29, 1.82) is 0 Å². The van der Waals surface area contributed by atoms with E-state index in [9.17, 15) is 14.0 Å². The zero-order valence-electron chi connectivity index (χ0n) is 11.6. The Balaban J connectivity index is 2.53. The van der Waals surface area contributed by atoms with Crippen molar-refractivity contribution in [3.63, 3.8) is 0 Å². The van der Waals surface area contributed by atoms with Crippen molar-refractivity contribution in [1.82, 2.24) is 5.32 Å². The van der Waals surface area contributed by atoms with Crippen LogP contribution in [-0.4, -0.2) is 24.5 Å². The molecule has 0 aliphatic heterocycles. The zero-order chi connectivity index (χ0) is 15.3. The quantitative estimate of drug-likeness (QED) is 0.834. The molecular formula is C14H17BrFNO3. The largest absolute Gasteiger partial charge is 0.452 e. The van der Waals surface area contributed by atoms with Gasteiger partial charge < -0.3 is 10.1 Å². The number of benzene rings is 1. The summed E-state index contributed by atoms with van der Waals surface area (Å²) in [5, 5.41) is 2.72. The standard InChI is InChI=1S/C14H17BrFNO3/c1-8(2)9(3)17-13(18)7-20-14(19)11-5-4-10(16)6-12(11)15/h4-6,8-9H,7H2,1-3H3,(H,17,18)/t9-/m0/s1. The number of hydrogen-bond acceptors (Lipinski definition) is 3. The molecule has 0 heterocycles. The number of carbonyl (C=O) groups excluding carboxylic acids is 2. The Morgan fingerprint density at radius 2 is 2.00 bits per heavy atom. The third-order valence-corrected chi connectivity index (χ3v) is 3.53. The van der Waals surface area contributed by atoms with Crippen LogP contribution < -0.4 is 5.32 Å². The van der Waals surface area contributed by atoms with Gasteiger partial charge in [0, 0.05) is 10.5 Å². The number of carbonyl (C=O) groups is 2. The zero-order valence-corrected chi connectivity index (χ0v) is 13.2. The molecule has 0 saturated heterocycles. The fourth-order valence-electron chi connectivity index (χ4n) is 1.33. The van der Waals surface area contributed by atoms with Crippen LogP contribution in [0.25, 0.3) is 0 Å². The molecule has 1 aromatic rings. The molecule has 20 heavy (non-hydrogen) atoms. The van der Waals surface area contributed by atoms with Crippen LogP contribution in [0.2, 0.25) is 0 Å². The molecule has 1 atom stereocenters. The minimum absolute atomic E-state index is 0.00115. The predicted octanol–water partition coefficient (Wildman–Crippen LogP) is 2.91. The first-order chi connectivity index (χ1) is 9.31. The summed E-state index contributed by atoms with van der Waals surface area (Å²) < 4.78 is 18.1. The first-order valence-corrected chi connectivity index (χ1v) is 7.02. The number of ether oxygens (including phenoxy) is 1. The predicted molar refractivity (Wildman–Crippen MR) is 76.8 cm³/mol. The van der Waals surface area contributed by atoms with Crippen molar-refractivity contribution in [2.75, 3.05) is 6.61 Å². The Morgan fingerprint density at radius 1 is 1.35 bits per heavy atom. The average molecular weight is 346 g/mol. The maximum absolute atomic E-state index is 12.9. The molecule has 0 radical (unpaired) electrons. The summed E-state index contributed by atoms with van der Waals surface area (Å²) in [4.78, 5) is 23.3. The molecule has 1 rings (SSSR count). The highest BCUT2D eigenvalue weighted by Crippen LogP contribution is 2.18. The normalized spacial score (nSPS) is 12.1. The molecule has 6 heteroatoms. The van der Waals surface area contributed by atoms with Crippen molar-refractivity contribution in [2.45, 2.75) is 26.8 Å². The van der Waals surface area contributed by atoms with E-state index in [0.717, 1.165) is 12.1 Å². The van der Waals surface area contributed by atoms with E-state index in [0.29, 0.717) is 10.4 Å². The van der Waals surface area contributed by atoms with E-state index in [-0.39, 0.29) is 24.1 Å². The Bertz CT molecular complexity index is 505. The first kappa shape index (κ1) is 16.6. The van der Waals surface area contributed by atoms with Crippen molar-refractivity contribution < 1.29 is 18.7 Å². The number of hydrogen-bond donors (Lipinski definition) is 1. The topological polar surface area (TPSA) is 55.4 Å². The van der Waals surface area contributed by atoms with Gasteiger partial charge in [0.15, 0.2) is 6.61 Å². The Hall–Kier alpha value is -1.43. The van der Waals surface area contributed by atoms with E-state index in [4.69, 9.17) is 4.74 Å². The number of halogens is 2. The second-order valence-electron chi connectivity index (χ2n) is 4.80. The lowest BCUT2D eigenvalue weighted by atomic mass is 10.1. The maximum atomic E-state index is 12.9. The number of nitrogens with one attached hydrogen (secondary N) is 1. The van der Waals surface area contributed by atoms with Gasteiger partial charge in [0.2, 0.25) is 0 Å². The molecular weight excluding hydrogens is 329 g/mol. The lowest BCUT2D eigenvalue weighted by Crippen LogP contribution is -2.38. The summed E-state index contributed by atoms with van der Waals surface area (Å²) in [5.41, 5.74) is 0.177. The van der Waals surface area contributed by atoms with Crippen LogP contribution >= 0.6 is 15.9 Å². The molecule has 1 aromatic carbocycles. The van der Waals surface area contributed by atoms with Crippen LogP contribution in [0.5, 0.6) is 0 Å². The SMILES string of the molecule is CC(C)[C@H](C)NC(=O)COC(=O)c1ccc(F)cc1Br. The number of rotatable bonds is 5. The van der Waals surface area contributed by atoms with Gasteiger partial charge in [-0.2, -0.15) is 0 Å². The highest BCUT2D eigenvalue weighted by Gasteiger charge is 2.15. The molecule has 0 aliphatic rings. The summed E-state index contributed by atoms with van der Waals surface area (Å²) >= 11 is 3.07. The Kier molecular flexibility index (Phi) is 6.13. The molecule has 0 saturated carbocycles. The smallest absolute Gasteiger partial charge is 0.339 e. The summed E-state index contributed by atoms with van der Waals surface area (Å²) in [5.74, 6) is -1.21. The highest BCUT2D eigenvalue weighted by atomic mass is 79.9. The van der Waals surface area contributed by atoms with Gasteiger partial charge in [-0.15, -0.1) is 0 Å². The molecule has 0 fully saturated rings. The van der Waals surface area contributed by atoms with Crippen LogP contribution in [-0.2, 0) is 9.53 Å². The minimum Gasteiger partial charge on any atom is -0.452 e. The van der Waals surface area contributed by atoms with Crippen LogP contribution in [0.15, 0.2) is 22.7 Å². The molecule has 0 spiro atoms. The van der Waals surface area contributed by atoms with E-state index in [2.05, 4.69) is 21.2 Å². The van der Waals surface area contributed by atoms with Gasteiger partial charge in [0.05, 0.1) is 5.56 Å². The Labute approximate surface area is 125 Å². The van der Waals surface area contributed by atoms with Gasteiger partial charge in [0.1, 0.15) is 5.82 Å². The lowest BCUT2D eigenvalue weighted by molar-refractivity contribution is -0.125. The second-order valence-corrected chi connectivity index (χ2v) is 5.65. The van der Waals surface area contributed by atoms with E-state index in [1.807, 2.05) is 20.8 Å². The van der Waals surface area contributed by atoms with E-state index < -0.39 is 11.8 Å². The second kappa shape index (κ2) is 7.38. The van der Waals surface area contributed by atoms with E-state index in [1.54, 1.807) is 0 Å². The summed E-state index contributed by atoms with van der Waals surface area (Å²) in [6.45, 7) is 5.47. The third-order valence-electron chi connectivity index (χ3n) is 2.87. The lowest BCUT2D eigenvalue weighted by Gasteiger charge is -2.17. The number of esters is 1. The van der Waals surface area contributed by atoms with Crippen molar-refractivity contribution in [3.8, 4) is 0 Å². The fraction of sp³-hybridized carbons (Fsp3) is 0.429. The summed E-state index contributed by atoms with van der Waals surface area (Å²) in [6, 6.07) is 3.62. The molecule has 1 amide bonds. The average Bonchev–Trinajstić information content (AvgIpc) is 2.35. The highest BCUT2D eigenvalue weighted by molar-refractivity contribution is 9.10. The van der Waals surface area contributed by atoms with Crippen LogP contribution in [0, 0.1) is 11.7 Å². The molecule has 0 aromatic heterocycles. The molecule has 110 valence electrons. The van der Waals surface area contributed by atoms with Gasteiger partial charge >= 0.3 is 5.97 Å². The number of amides is 1. The van der Waals surface area contributed by atoms with Gasteiger partial charge in [-0.05, 0) is 47.0 Å². The van der Waals surface area contributed by atoms with Gasteiger partial charge in [-0.1, -0.05) is 13.8 Å². The van der Waals surface area contributed by atoms with Crippen molar-refractivity contribution >= 4 is 27.8 Å². The van der Waals surface area contributed by atoms with Gasteiger partial charge in [-0.25, -0.2) is 9.18 Å². The van der Waals surface area contributed by atoms with Crippen molar-refractivity contribution in [2.24, 2.45) is 5.92 Å². The molecule has 0 aliphatic carbocycles. The summed E-state index contributed by atoms with van der Waals surface area (Å²) in [6.07, 6.45) is 0.